The molecule has 0 atom stereocenters. The Morgan fingerprint density at radius 3 is 1.96 bits per heavy atom. The fourth-order valence-corrected chi connectivity index (χ4v) is 3.52. The summed E-state index contributed by atoms with van der Waals surface area (Å²) in [5.74, 6) is 0.880. The Morgan fingerprint density at radius 2 is 1.32 bits per heavy atom. The molecule has 0 saturated heterocycles. The maximum Gasteiger partial charge on any atom is 0.145 e. The summed E-state index contributed by atoms with van der Waals surface area (Å²) in [7, 11) is 0. The zero-order chi connectivity index (χ0) is 16.9. The van der Waals surface area contributed by atoms with Crippen molar-refractivity contribution in [2.24, 2.45) is 0 Å². The smallest absolute Gasteiger partial charge is 0.145 e. The van der Waals surface area contributed by atoms with Crippen LogP contribution in [-0.4, -0.2) is 16.0 Å². The lowest BCUT2D eigenvalue weighted by Crippen LogP contribution is -2.23. The Morgan fingerprint density at radius 1 is 0.720 bits per heavy atom. The van der Waals surface area contributed by atoms with Gasteiger partial charge in [-0.15, -0.1) is 0 Å². The van der Waals surface area contributed by atoms with Crippen molar-refractivity contribution in [3.8, 4) is 22.5 Å². The second-order valence-electron chi connectivity index (χ2n) is 6.66. The Bertz CT molecular complexity index is 809. The Balaban J connectivity index is 1.72. The molecule has 0 radical (unpaired) electrons. The zero-order valence-corrected chi connectivity index (χ0v) is 14.4. The third kappa shape index (κ3) is 3.71. The molecule has 3 heteroatoms. The highest BCUT2D eigenvalue weighted by Crippen LogP contribution is 2.30. The molecule has 126 valence electrons. The van der Waals surface area contributed by atoms with E-state index in [9.17, 15) is 0 Å². The fourth-order valence-electron chi connectivity index (χ4n) is 3.52. The first-order chi connectivity index (χ1) is 12.4. The van der Waals surface area contributed by atoms with Gasteiger partial charge in [0, 0.05) is 17.2 Å². The highest BCUT2D eigenvalue weighted by molar-refractivity contribution is 5.78. The van der Waals surface area contributed by atoms with Gasteiger partial charge in [0.15, 0.2) is 0 Å². The third-order valence-corrected chi connectivity index (χ3v) is 4.82. The quantitative estimate of drug-likeness (QED) is 0.681. The molecule has 0 unspecified atom stereocenters. The molecule has 4 rings (SSSR count). The summed E-state index contributed by atoms with van der Waals surface area (Å²) in [6, 6.07) is 21.1. The Labute approximate surface area is 149 Å². The summed E-state index contributed by atoms with van der Waals surface area (Å²) >= 11 is 0. The zero-order valence-electron chi connectivity index (χ0n) is 14.4. The topological polar surface area (TPSA) is 37.8 Å². The van der Waals surface area contributed by atoms with E-state index in [2.05, 4.69) is 29.6 Å². The van der Waals surface area contributed by atoms with Gasteiger partial charge in [-0.05, 0) is 12.8 Å². The van der Waals surface area contributed by atoms with E-state index in [1.165, 1.54) is 32.1 Å². The van der Waals surface area contributed by atoms with E-state index in [1.54, 1.807) is 0 Å². The lowest BCUT2D eigenvalue weighted by Gasteiger charge is -2.23. The predicted molar refractivity (Wildman–Crippen MR) is 103 cm³/mol. The van der Waals surface area contributed by atoms with Crippen LogP contribution < -0.4 is 5.32 Å². The molecule has 0 amide bonds. The van der Waals surface area contributed by atoms with Crippen molar-refractivity contribution in [2.75, 3.05) is 5.32 Å². The summed E-state index contributed by atoms with van der Waals surface area (Å²) in [5.41, 5.74) is 4.06. The van der Waals surface area contributed by atoms with Crippen LogP contribution in [0.1, 0.15) is 32.1 Å². The van der Waals surface area contributed by atoms with Crippen molar-refractivity contribution in [1.82, 2.24) is 9.97 Å². The van der Waals surface area contributed by atoms with E-state index in [0.29, 0.717) is 6.04 Å². The van der Waals surface area contributed by atoms with Gasteiger partial charge in [0.25, 0.3) is 0 Å². The number of hydrogen-bond donors (Lipinski definition) is 1. The summed E-state index contributed by atoms with van der Waals surface area (Å²) in [4.78, 5) is 9.71. The molecule has 2 aromatic carbocycles. The van der Waals surface area contributed by atoms with Crippen molar-refractivity contribution < 1.29 is 0 Å². The second-order valence-corrected chi connectivity index (χ2v) is 6.66. The number of nitrogens with zero attached hydrogens (tertiary/aromatic N) is 2. The van der Waals surface area contributed by atoms with Crippen molar-refractivity contribution in [3.63, 3.8) is 0 Å². The normalized spacial score (nSPS) is 15.0. The average Bonchev–Trinajstić information content (AvgIpc) is 2.70. The summed E-state index contributed by atoms with van der Waals surface area (Å²) in [6.45, 7) is 0. The standard InChI is InChI=1S/C22H23N3/c1-4-10-17(11-5-1)21-22(18-12-6-2-7-13-18)25-20(16-23-21)24-19-14-8-3-9-15-19/h1-2,4-7,10-13,16,19H,3,8-9,14-15H2,(H,24,25). The molecule has 3 aromatic rings. The minimum atomic E-state index is 0.522. The summed E-state index contributed by atoms with van der Waals surface area (Å²) in [5, 5.41) is 3.60. The summed E-state index contributed by atoms with van der Waals surface area (Å²) < 4.78 is 0. The van der Waals surface area contributed by atoms with Gasteiger partial charge in [-0.1, -0.05) is 79.9 Å². The molecule has 1 aliphatic carbocycles. The molecular weight excluding hydrogens is 306 g/mol. The first-order valence-electron chi connectivity index (χ1n) is 9.14. The van der Waals surface area contributed by atoms with Crippen LogP contribution in [0.3, 0.4) is 0 Å². The van der Waals surface area contributed by atoms with Crippen molar-refractivity contribution in [3.05, 3.63) is 66.9 Å². The fraction of sp³-hybridized carbons (Fsp3) is 0.273. The molecule has 1 N–H and O–H groups in total. The molecule has 0 spiro atoms. The van der Waals surface area contributed by atoms with E-state index in [4.69, 9.17) is 9.97 Å². The van der Waals surface area contributed by atoms with Crippen LogP contribution in [0.5, 0.6) is 0 Å². The monoisotopic (exact) mass is 329 g/mol. The van der Waals surface area contributed by atoms with E-state index < -0.39 is 0 Å². The van der Waals surface area contributed by atoms with Gasteiger partial charge in [0.2, 0.25) is 0 Å². The van der Waals surface area contributed by atoms with Crippen molar-refractivity contribution >= 4 is 5.82 Å². The van der Waals surface area contributed by atoms with Crippen LogP contribution in [0.4, 0.5) is 5.82 Å². The lowest BCUT2D eigenvalue weighted by atomic mass is 9.95. The summed E-state index contributed by atoms with van der Waals surface area (Å²) in [6.07, 6.45) is 8.29. The predicted octanol–water partition coefficient (Wildman–Crippen LogP) is 5.56. The van der Waals surface area contributed by atoms with Crippen molar-refractivity contribution in [2.45, 2.75) is 38.1 Å². The average molecular weight is 329 g/mol. The van der Waals surface area contributed by atoms with E-state index in [0.717, 1.165) is 28.3 Å². The first-order valence-corrected chi connectivity index (χ1v) is 9.14. The number of nitrogens with one attached hydrogen (secondary N) is 1. The molecule has 25 heavy (non-hydrogen) atoms. The molecule has 1 aromatic heterocycles. The Kier molecular flexibility index (Phi) is 4.73. The third-order valence-electron chi connectivity index (χ3n) is 4.82. The SMILES string of the molecule is c1ccc(-c2ncc(NC3CCCCC3)nc2-c2ccccc2)cc1. The van der Waals surface area contributed by atoms with Gasteiger partial charge in [-0.25, -0.2) is 4.98 Å². The van der Waals surface area contributed by atoms with Crippen molar-refractivity contribution in [1.29, 1.82) is 0 Å². The molecule has 3 nitrogen and oxygen atoms in total. The van der Waals surface area contributed by atoms with E-state index in [-0.39, 0.29) is 0 Å². The van der Waals surface area contributed by atoms with Gasteiger partial charge in [-0.2, -0.15) is 0 Å². The molecule has 1 fully saturated rings. The number of anilines is 1. The Hall–Kier alpha value is -2.68. The van der Waals surface area contributed by atoms with Crippen LogP contribution in [0.2, 0.25) is 0 Å². The number of rotatable bonds is 4. The lowest BCUT2D eigenvalue weighted by molar-refractivity contribution is 0.462. The van der Waals surface area contributed by atoms with Crippen LogP contribution >= 0.6 is 0 Å². The van der Waals surface area contributed by atoms with Crippen LogP contribution in [-0.2, 0) is 0 Å². The highest BCUT2D eigenvalue weighted by atomic mass is 15.0. The first kappa shape index (κ1) is 15.8. The maximum absolute atomic E-state index is 4.94. The molecule has 0 bridgehead atoms. The van der Waals surface area contributed by atoms with E-state index >= 15 is 0 Å². The minimum Gasteiger partial charge on any atom is -0.366 e. The number of hydrogen-bond acceptors (Lipinski definition) is 3. The van der Waals surface area contributed by atoms with Gasteiger partial charge < -0.3 is 5.32 Å². The van der Waals surface area contributed by atoms with Gasteiger partial charge in [0.1, 0.15) is 5.82 Å². The van der Waals surface area contributed by atoms with E-state index in [1.807, 2.05) is 42.6 Å². The molecule has 1 heterocycles. The highest BCUT2D eigenvalue weighted by Gasteiger charge is 2.16. The maximum atomic E-state index is 4.94. The van der Waals surface area contributed by atoms with Gasteiger partial charge >= 0.3 is 0 Å². The minimum absolute atomic E-state index is 0.522. The second kappa shape index (κ2) is 7.47. The van der Waals surface area contributed by atoms with Gasteiger partial charge in [-0.3, -0.25) is 4.98 Å². The molecule has 1 aliphatic rings. The largest absolute Gasteiger partial charge is 0.366 e. The van der Waals surface area contributed by atoms with Crippen LogP contribution in [0.25, 0.3) is 22.5 Å². The van der Waals surface area contributed by atoms with Crippen LogP contribution in [0.15, 0.2) is 66.9 Å². The molecular formula is C22H23N3. The van der Waals surface area contributed by atoms with Crippen LogP contribution in [0, 0.1) is 0 Å². The van der Waals surface area contributed by atoms with Gasteiger partial charge in [0.05, 0.1) is 17.6 Å². The number of benzene rings is 2. The number of aromatic nitrogens is 2. The molecule has 1 saturated carbocycles. The molecule has 0 aliphatic heterocycles.